The molecule has 1 aromatic carbocycles. The molecule has 1 unspecified atom stereocenters. The summed E-state index contributed by atoms with van der Waals surface area (Å²) in [6.07, 6.45) is 1.61. The second-order valence-corrected chi connectivity index (χ2v) is 9.99. The minimum atomic E-state index is -4.16. The number of nitrogens with zero attached hydrogens (tertiary/aromatic N) is 3. The van der Waals surface area contributed by atoms with Crippen LogP contribution >= 0.6 is 11.3 Å². The van der Waals surface area contributed by atoms with E-state index in [2.05, 4.69) is 5.16 Å². The lowest BCUT2D eigenvalue weighted by Gasteiger charge is -2.30. The number of hydrogen-bond donors (Lipinski definition) is 2. The summed E-state index contributed by atoms with van der Waals surface area (Å²) in [5.41, 5.74) is 2.59. The third-order valence-electron chi connectivity index (χ3n) is 5.56. The largest absolute Gasteiger partial charge is 0.387 e. The van der Waals surface area contributed by atoms with Crippen molar-refractivity contribution < 1.29 is 27.7 Å². The molecule has 11 heteroatoms. The Balaban J connectivity index is 1.41. The molecular weight excluding hydrogens is 442 g/mol. The number of likely N-dealkylation sites (tertiary alicyclic amines) is 1. The first kappa shape index (κ1) is 21.9. The number of aliphatic hydroxyl groups excluding tert-OH is 1. The van der Waals surface area contributed by atoms with Crippen molar-refractivity contribution in [2.75, 3.05) is 19.7 Å². The number of thiazole rings is 1. The average Bonchev–Trinajstić information content (AvgIpc) is 3.42. The maximum atomic E-state index is 11.6. The topological polar surface area (TPSA) is 129 Å². The number of hydrogen-bond acceptors (Lipinski definition) is 8. The summed E-state index contributed by atoms with van der Waals surface area (Å²) in [5.74, 6) is -0.455. The van der Waals surface area contributed by atoms with E-state index in [4.69, 9.17) is 14.9 Å². The molecule has 9 nitrogen and oxygen atoms in total. The first-order chi connectivity index (χ1) is 14.8. The number of piperidine rings is 1. The maximum Gasteiger partial charge on any atom is 0.269 e. The van der Waals surface area contributed by atoms with Crippen molar-refractivity contribution in [3.63, 3.8) is 0 Å². The Hall–Kier alpha value is -2.34. The average molecular weight is 466 g/mol. The number of rotatable bonds is 6. The molecule has 2 aliphatic heterocycles. The van der Waals surface area contributed by atoms with Crippen molar-refractivity contribution in [3.05, 3.63) is 51.5 Å². The molecule has 1 saturated heterocycles. The van der Waals surface area contributed by atoms with E-state index in [1.165, 1.54) is 0 Å². The molecule has 1 atom stereocenters. The highest BCUT2D eigenvalue weighted by Gasteiger charge is 2.30. The number of aliphatic hydroxyl groups is 1. The predicted octanol–water partition coefficient (Wildman–Crippen LogP) is 2.09. The van der Waals surface area contributed by atoms with E-state index in [1.54, 1.807) is 40.5 Å². The molecule has 31 heavy (non-hydrogen) atoms. The van der Waals surface area contributed by atoms with Crippen molar-refractivity contribution in [3.8, 4) is 0 Å². The highest BCUT2D eigenvalue weighted by molar-refractivity contribution is 7.85. The summed E-state index contributed by atoms with van der Waals surface area (Å²) in [5, 5.41) is 16.1. The fourth-order valence-corrected chi connectivity index (χ4v) is 5.61. The van der Waals surface area contributed by atoms with Gasteiger partial charge in [0, 0.05) is 30.8 Å². The van der Waals surface area contributed by atoms with Crippen LogP contribution in [0.3, 0.4) is 0 Å². The van der Waals surface area contributed by atoms with Crippen molar-refractivity contribution in [1.29, 1.82) is 0 Å². The molecule has 2 aromatic rings. The van der Waals surface area contributed by atoms with E-state index < -0.39 is 28.6 Å². The summed E-state index contributed by atoms with van der Waals surface area (Å²) < 4.78 is 31.9. The van der Waals surface area contributed by atoms with Crippen molar-refractivity contribution in [2.45, 2.75) is 37.0 Å². The summed E-state index contributed by atoms with van der Waals surface area (Å²) >= 11 is 1.55. The SMILES string of the molecule is O=C(CO)N1CCC(c2nc(C3=NOC(c4ccccc4CS(=O)(=O)O)C3)cs2)CC1. The summed E-state index contributed by atoms with van der Waals surface area (Å²) in [6.45, 7) is 0.756. The van der Waals surface area contributed by atoms with Crippen LogP contribution in [0.4, 0.5) is 0 Å². The van der Waals surface area contributed by atoms with E-state index in [9.17, 15) is 17.8 Å². The van der Waals surface area contributed by atoms with E-state index in [0.717, 1.165) is 23.5 Å². The lowest BCUT2D eigenvalue weighted by atomic mass is 9.97. The van der Waals surface area contributed by atoms with Gasteiger partial charge in [-0.2, -0.15) is 8.42 Å². The van der Waals surface area contributed by atoms with Gasteiger partial charge in [-0.3, -0.25) is 9.35 Å². The minimum absolute atomic E-state index is 0.240. The highest BCUT2D eigenvalue weighted by atomic mass is 32.2. The monoisotopic (exact) mass is 465 g/mol. The molecule has 0 radical (unpaired) electrons. The molecule has 1 aromatic heterocycles. The van der Waals surface area contributed by atoms with Gasteiger partial charge >= 0.3 is 0 Å². The van der Waals surface area contributed by atoms with Crippen LogP contribution in [0.1, 0.15) is 53.1 Å². The second kappa shape index (κ2) is 9.03. The van der Waals surface area contributed by atoms with Crippen LogP contribution in [0.5, 0.6) is 0 Å². The molecule has 0 saturated carbocycles. The number of benzene rings is 1. The molecule has 1 fully saturated rings. The summed E-state index contributed by atoms with van der Waals surface area (Å²) in [6, 6.07) is 6.93. The molecule has 2 N–H and O–H groups in total. The Bertz CT molecular complexity index is 1090. The molecule has 1 amide bonds. The quantitative estimate of drug-likeness (QED) is 0.625. The van der Waals surface area contributed by atoms with Crippen molar-refractivity contribution in [1.82, 2.24) is 9.88 Å². The van der Waals surface area contributed by atoms with Gasteiger partial charge in [0.2, 0.25) is 5.91 Å². The van der Waals surface area contributed by atoms with Gasteiger partial charge in [-0.25, -0.2) is 4.98 Å². The van der Waals surface area contributed by atoms with Crippen LogP contribution in [0.25, 0.3) is 0 Å². The highest BCUT2D eigenvalue weighted by Crippen LogP contribution is 2.35. The molecule has 3 heterocycles. The van der Waals surface area contributed by atoms with Gasteiger partial charge in [0.1, 0.15) is 18.1 Å². The van der Waals surface area contributed by atoms with E-state index in [0.29, 0.717) is 36.3 Å². The standard InChI is InChI=1S/C20H23N3O6S2/c24-10-19(25)23-7-5-13(6-8-23)20-21-17(11-30-20)16-9-18(29-22-16)15-4-2-1-3-14(15)12-31(26,27)28/h1-4,11,13,18,24H,5-10,12H2,(H,26,27,28). The summed E-state index contributed by atoms with van der Waals surface area (Å²) in [7, 11) is -4.16. The van der Waals surface area contributed by atoms with E-state index >= 15 is 0 Å². The zero-order valence-electron chi connectivity index (χ0n) is 16.7. The third kappa shape index (κ3) is 5.12. The molecule has 4 rings (SSSR count). The zero-order valence-corrected chi connectivity index (χ0v) is 18.3. The Labute approximate surface area is 184 Å². The molecule has 166 valence electrons. The number of oxime groups is 1. The molecule has 2 aliphatic rings. The number of aromatic nitrogens is 1. The second-order valence-electron chi connectivity index (χ2n) is 7.65. The van der Waals surface area contributed by atoms with Gasteiger partial charge in [0.05, 0.1) is 10.7 Å². The number of carbonyl (C=O) groups excluding carboxylic acids is 1. The zero-order chi connectivity index (χ0) is 22.0. The molecule has 0 aliphatic carbocycles. The predicted molar refractivity (Wildman–Crippen MR) is 114 cm³/mol. The van der Waals surface area contributed by atoms with Crippen LogP contribution in [0.2, 0.25) is 0 Å². The van der Waals surface area contributed by atoms with Crippen molar-refractivity contribution in [2.24, 2.45) is 5.16 Å². The van der Waals surface area contributed by atoms with Crippen LogP contribution in [-0.2, 0) is 25.5 Å². The smallest absolute Gasteiger partial charge is 0.269 e. The van der Waals surface area contributed by atoms with Crippen molar-refractivity contribution >= 4 is 33.1 Å². The van der Waals surface area contributed by atoms with Gasteiger partial charge in [-0.05, 0) is 24.0 Å². The van der Waals surface area contributed by atoms with Gasteiger partial charge in [-0.15, -0.1) is 11.3 Å². The Kier molecular flexibility index (Phi) is 6.37. The molecular formula is C20H23N3O6S2. The van der Waals surface area contributed by atoms with Gasteiger partial charge in [0.25, 0.3) is 10.1 Å². The van der Waals surface area contributed by atoms with Crippen LogP contribution in [0, 0.1) is 0 Å². The lowest BCUT2D eigenvalue weighted by Crippen LogP contribution is -2.39. The van der Waals surface area contributed by atoms with Crippen LogP contribution < -0.4 is 0 Å². The Morgan fingerprint density at radius 3 is 2.71 bits per heavy atom. The van der Waals surface area contributed by atoms with Gasteiger partial charge in [-0.1, -0.05) is 29.4 Å². The van der Waals surface area contributed by atoms with E-state index in [-0.39, 0.29) is 11.8 Å². The lowest BCUT2D eigenvalue weighted by molar-refractivity contribution is -0.135. The van der Waals surface area contributed by atoms with Gasteiger partial charge in [0.15, 0.2) is 6.10 Å². The molecule has 0 spiro atoms. The van der Waals surface area contributed by atoms with Crippen LogP contribution in [0.15, 0.2) is 34.8 Å². The normalized spacial score (nSPS) is 19.9. The Morgan fingerprint density at radius 1 is 1.26 bits per heavy atom. The first-order valence-corrected chi connectivity index (χ1v) is 12.4. The van der Waals surface area contributed by atoms with E-state index in [1.807, 2.05) is 5.38 Å². The number of carbonyl (C=O) groups is 1. The Morgan fingerprint density at radius 2 is 2.00 bits per heavy atom. The molecule has 0 bridgehead atoms. The van der Waals surface area contributed by atoms with Gasteiger partial charge < -0.3 is 14.8 Å². The first-order valence-electron chi connectivity index (χ1n) is 9.94. The maximum absolute atomic E-state index is 11.6. The fraction of sp³-hybridized carbons (Fsp3) is 0.450. The fourth-order valence-electron chi connectivity index (χ4n) is 3.96. The minimum Gasteiger partial charge on any atom is -0.387 e. The summed E-state index contributed by atoms with van der Waals surface area (Å²) in [4.78, 5) is 23.6. The van der Waals surface area contributed by atoms with Crippen LogP contribution in [-0.4, -0.2) is 59.3 Å². The third-order valence-corrected chi connectivity index (χ3v) is 7.24. The number of amides is 1.